The van der Waals surface area contributed by atoms with Gasteiger partial charge in [0, 0.05) is 0 Å². The van der Waals surface area contributed by atoms with Gasteiger partial charge in [-0.3, -0.25) is 0 Å². The Balaban J connectivity index is -0.0000000600. The van der Waals surface area contributed by atoms with Crippen molar-refractivity contribution in [2.45, 2.75) is 0 Å². The van der Waals surface area contributed by atoms with Crippen LogP contribution in [0.15, 0.2) is 0 Å². The predicted octanol–water partition coefficient (Wildman–Crippen LogP) is -1.65. The van der Waals surface area contributed by atoms with Crippen LogP contribution in [0, 0.1) is 0 Å². The molecule has 0 saturated heterocycles. The van der Waals surface area contributed by atoms with Crippen molar-refractivity contribution in [2.24, 2.45) is 0 Å². The van der Waals surface area contributed by atoms with Crippen LogP contribution in [0.25, 0.3) is 0 Å². The average molecular weight is 296 g/mol. The van der Waals surface area contributed by atoms with E-state index in [1.807, 2.05) is 0 Å². The summed E-state index contributed by atoms with van der Waals surface area (Å²) in [5.74, 6) is 9.38. The Labute approximate surface area is 94.9 Å². The minimum atomic E-state index is -0.620. The van der Waals surface area contributed by atoms with Gasteiger partial charge < -0.3 is 0 Å². The SMILES string of the molecule is [B]#[Cr]#[B].[B]#[Ti]#[B].[O]=[Ti][Y]. The Hall–Kier alpha value is 3.12. The van der Waals surface area contributed by atoms with Crippen molar-refractivity contribution < 1.29 is 74.3 Å². The Morgan fingerprint density at radius 1 is 1.33 bits per heavy atom. The molecule has 0 amide bonds. The fourth-order valence-corrected chi connectivity index (χ4v) is 0. The van der Waals surface area contributed by atoms with Gasteiger partial charge >= 0.3 is 97.1 Å². The topological polar surface area (TPSA) is 17.1 Å². The summed E-state index contributed by atoms with van der Waals surface area (Å²) in [4.78, 5) is 0. The van der Waals surface area contributed by atoms with Crippen LogP contribution in [0.4, 0.5) is 0 Å². The molecule has 0 unspecified atom stereocenters. The maximum absolute atomic E-state index is 9.11. The van der Waals surface area contributed by atoms with E-state index in [2.05, 4.69) is 12.0 Å². The summed E-state index contributed by atoms with van der Waals surface area (Å²) in [7, 11) is 0. The quantitative estimate of drug-likeness (QED) is 0.490. The standard InChI is InChI=1S/4B.Cr.O.2Ti.Y. The Bertz CT molecular complexity index is 231. The first kappa shape index (κ1) is 18.0. The molecule has 0 N–H and O–H groups in total. The molecule has 9 heteroatoms. The third-order valence-electron chi connectivity index (χ3n) is 0. The first-order chi connectivity index (χ1) is 4.24. The maximum atomic E-state index is 9.11. The molecule has 0 aliphatic carbocycles. The molecular formula is B4CrOTi2Y. The summed E-state index contributed by atoms with van der Waals surface area (Å²) in [6.45, 7) is 0. The molecule has 0 spiro atoms. The van der Waals surface area contributed by atoms with E-state index >= 15 is 0 Å². The number of rotatable bonds is 0. The van der Waals surface area contributed by atoms with E-state index in [9.17, 15) is 0 Å². The molecule has 0 saturated carbocycles. The number of hydrogen-bond acceptors (Lipinski definition) is 1. The first-order valence-electron chi connectivity index (χ1n) is 1.54. The second kappa shape index (κ2) is 30.4. The van der Waals surface area contributed by atoms with Crippen LogP contribution in [0.5, 0.6) is 0 Å². The molecule has 0 bridgehead atoms. The van der Waals surface area contributed by atoms with Crippen LogP contribution in [0.2, 0.25) is 0 Å². The van der Waals surface area contributed by atoms with Crippen LogP contribution < -0.4 is 0 Å². The van der Waals surface area contributed by atoms with Gasteiger partial charge in [-0.05, 0) is 0 Å². The van der Waals surface area contributed by atoms with Crippen molar-refractivity contribution >= 4 is 22.8 Å². The predicted molar refractivity (Wildman–Crippen MR) is 23.7 cm³/mol. The molecule has 0 atom stereocenters. The zero-order valence-corrected chi connectivity index (χ0v) is 11.9. The summed E-state index contributed by atoms with van der Waals surface area (Å²) >= 11 is -0.258. The molecule has 9 heavy (non-hydrogen) atoms. The van der Waals surface area contributed by atoms with Gasteiger partial charge in [-0.2, -0.15) is 0 Å². The molecule has 0 aliphatic rings. The molecule has 0 aromatic heterocycles. The van der Waals surface area contributed by atoms with Gasteiger partial charge in [0.2, 0.25) is 0 Å². The van der Waals surface area contributed by atoms with Crippen molar-refractivity contribution in [1.29, 1.82) is 0 Å². The molecular weight excluding hydrogens is 296 g/mol. The number of hydrogen-bond donors (Lipinski definition) is 0. The zero-order valence-electron chi connectivity index (χ0n) is 4.70. The third kappa shape index (κ3) is 94.9. The zero-order chi connectivity index (χ0) is 8.12. The summed E-state index contributed by atoms with van der Waals surface area (Å²) in [5.41, 5.74) is 0. The van der Waals surface area contributed by atoms with E-state index in [4.69, 9.17) is 14.1 Å². The van der Waals surface area contributed by atoms with Crippen LogP contribution in [-0.2, 0) is 74.3 Å². The first-order valence-corrected chi connectivity index (χ1v) is 12.2. The van der Waals surface area contributed by atoms with Gasteiger partial charge in [-0.1, -0.05) is 0 Å². The minimum absolute atomic E-state index is 0.125. The van der Waals surface area contributed by atoms with E-state index in [1.165, 1.54) is 0 Å². The summed E-state index contributed by atoms with van der Waals surface area (Å²) < 4.78 is 9.11. The molecule has 0 heterocycles. The van der Waals surface area contributed by atoms with Crippen molar-refractivity contribution in [1.82, 2.24) is 0 Å². The molecule has 0 aliphatic heterocycles. The van der Waals surface area contributed by atoms with Gasteiger partial charge in [0.15, 0.2) is 0 Å². The molecule has 0 rings (SSSR count). The van der Waals surface area contributed by atoms with Crippen molar-refractivity contribution in [2.75, 3.05) is 0 Å². The fourth-order valence-electron chi connectivity index (χ4n) is 0. The van der Waals surface area contributed by atoms with Crippen LogP contribution in [-0.4, -0.2) is 22.8 Å². The van der Waals surface area contributed by atoms with E-state index in [0.29, 0.717) is 0 Å². The van der Waals surface area contributed by atoms with E-state index < -0.39 is 30.6 Å². The molecule has 1 nitrogen and oxygen atoms in total. The molecule has 0 aromatic carbocycles. The molecule has 35 valence electrons. The molecule has 0 aromatic rings. The van der Waals surface area contributed by atoms with Crippen LogP contribution >= 0.6 is 0 Å². The van der Waals surface area contributed by atoms with Gasteiger partial charge in [-0.25, -0.2) is 0 Å². The van der Waals surface area contributed by atoms with E-state index in [1.54, 1.807) is 0 Å². The summed E-state index contributed by atoms with van der Waals surface area (Å²) in [6, 6.07) is 0. The van der Waals surface area contributed by atoms with Crippen molar-refractivity contribution in [3.63, 3.8) is 0 Å². The Kier molecular flexibility index (Phi) is 60.9. The normalized spacial score (nSPS) is 4.78. The second-order valence-corrected chi connectivity index (χ2v) is 4.12. The Morgan fingerprint density at radius 3 is 1.33 bits per heavy atom. The summed E-state index contributed by atoms with van der Waals surface area (Å²) in [6.07, 6.45) is 0. The van der Waals surface area contributed by atoms with Gasteiger partial charge in [0.05, 0.1) is 0 Å². The second-order valence-electron chi connectivity index (χ2n) is 0.421. The van der Waals surface area contributed by atoms with Gasteiger partial charge in [0.1, 0.15) is 0 Å². The van der Waals surface area contributed by atoms with Crippen LogP contribution in [0.1, 0.15) is 0 Å². The van der Waals surface area contributed by atoms with E-state index in [0.717, 1.165) is 26.9 Å². The Morgan fingerprint density at radius 2 is 1.33 bits per heavy atom. The van der Waals surface area contributed by atoms with Crippen LogP contribution in [0.3, 0.4) is 0 Å². The fraction of sp³-hybridized carbons (Fsp3) is 0. The van der Waals surface area contributed by atoms with Gasteiger partial charge in [0.25, 0.3) is 0 Å². The molecule has 0 fully saturated rings. The third-order valence-corrected chi connectivity index (χ3v) is 0. The van der Waals surface area contributed by atoms with E-state index in [-0.39, 0.29) is 13.6 Å². The molecule has 0 radical (unpaired) electrons. The average Bonchev–Trinajstić information content (AvgIpc) is 1.70. The summed E-state index contributed by atoms with van der Waals surface area (Å²) in [5, 5.41) is 9.50. The van der Waals surface area contributed by atoms with Gasteiger partial charge in [-0.15, -0.1) is 0 Å². The van der Waals surface area contributed by atoms with Crippen molar-refractivity contribution in [3.8, 4) is 0 Å². The monoisotopic (exact) mass is 297 g/mol. The van der Waals surface area contributed by atoms with Crippen molar-refractivity contribution in [3.05, 3.63) is 0 Å².